The number of allylic oxidation sites excluding steroid dienone is 1. The van der Waals surface area contributed by atoms with Crippen LogP contribution >= 0.6 is 11.3 Å². The number of piperidine rings is 1. The van der Waals surface area contributed by atoms with Crippen LogP contribution in [0.5, 0.6) is 5.75 Å². The number of fused-ring (bicyclic) bond motifs is 1. The van der Waals surface area contributed by atoms with Gasteiger partial charge in [-0.15, -0.1) is 0 Å². The summed E-state index contributed by atoms with van der Waals surface area (Å²) in [5.74, 6) is 1.72. The lowest BCUT2D eigenvalue weighted by atomic mass is 9.97. The Morgan fingerprint density at radius 1 is 1.29 bits per heavy atom. The molecule has 0 bridgehead atoms. The van der Waals surface area contributed by atoms with Crippen LogP contribution in [-0.4, -0.2) is 41.4 Å². The number of carbonyl (C=O) groups is 2. The van der Waals surface area contributed by atoms with Gasteiger partial charge in [-0.05, 0) is 54.5 Å². The predicted octanol–water partition coefficient (Wildman–Crippen LogP) is 4.67. The Morgan fingerprint density at radius 3 is 2.87 bits per heavy atom. The van der Waals surface area contributed by atoms with Gasteiger partial charge in [0.15, 0.2) is 5.13 Å². The van der Waals surface area contributed by atoms with Gasteiger partial charge in [-0.25, -0.2) is 4.98 Å². The molecule has 7 heteroatoms. The molecule has 1 aromatic heterocycles. The Balaban J connectivity index is 1.45. The molecule has 2 aromatic rings. The van der Waals surface area contributed by atoms with Crippen molar-refractivity contribution in [3.05, 3.63) is 41.6 Å². The van der Waals surface area contributed by atoms with Gasteiger partial charge in [-0.3, -0.25) is 9.59 Å². The van der Waals surface area contributed by atoms with Gasteiger partial charge in [0.05, 0.1) is 11.5 Å². The van der Waals surface area contributed by atoms with Crippen molar-refractivity contribution in [2.45, 2.75) is 46.0 Å². The topological polar surface area (TPSA) is 71.5 Å². The molecular formula is C24H29N3O3S. The van der Waals surface area contributed by atoms with Crippen LogP contribution in [0.3, 0.4) is 0 Å². The van der Waals surface area contributed by atoms with Gasteiger partial charge in [0.1, 0.15) is 5.75 Å². The number of benzene rings is 1. The Morgan fingerprint density at radius 2 is 2.10 bits per heavy atom. The summed E-state index contributed by atoms with van der Waals surface area (Å²) in [6, 6.07) is 6.14. The van der Waals surface area contributed by atoms with Gasteiger partial charge in [0.25, 0.3) is 0 Å². The molecule has 164 valence electrons. The summed E-state index contributed by atoms with van der Waals surface area (Å²) < 4.78 is 6.01. The molecule has 0 radical (unpaired) electrons. The fraction of sp³-hybridized carbons (Fsp3) is 0.458. The Labute approximate surface area is 187 Å². The maximum absolute atomic E-state index is 12.7. The molecule has 4 rings (SSSR count). The highest BCUT2D eigenvalue weighted by Gasteiger charge is 2.21. The average molecular weight is 440 g/mol. The van der Waals surface area contributed by atoms with Crippen molar-refractivity contribution in [3.8, 4) is 16.2 Å². The van der Waals surface area contributed by atoms with Crippen LogP contribution in [0.1, 0.15) is 45.1 Å². The molecule has 3 heterocycles. The molecule has 0 unspecified atom stereocenters. The summed E-state index contributed by atoms with van der Waals surface area (Å²) in [5, 5.41) is 3.32. The molecule has 0 saturated carbocycles. The van der Waals surface area contributed by atoms with Gasteiger partial charge >= 0.3 is 0 Å². The van der Waals surface area contributed by atoms with E-state index in [0.717, 1.165) is 72.0 Å². The second-order valence-corrected chi connectivity index (χ2v) is 9.47. The van der Waals surface area contributed by atoms with Crippen molar-refractivity contribution in [1.29, 1.82) is 0 Å². The SMILES string of the molecule is CC(=O)Nc1ncc(-c2ccc3c(c2)C/C=C(/CC(=O)N2CCC(C)CC2)CCO3)s1. The van der Waals surface area contributed by atoms with E-state index in [1.54, 1.807) is 6.20 Å². The fourth-order valence-electron chi connectivity index (χ4n) is 4.02. The third-order valence-electron chi connectivity index (χ3n) is 5.94. The minimum atomic E-state index is -0.126. The maximum atomic E-state index is 12.7. The molecule has 1 saturated heterocycles. The fourth-order valence-corrected chi connectivity index (χ4v) is 4.88. The van der Waals surface area contributed by atoms with Crippen molar-refractivity contribution in [3.63, 3.8) is 0 Å². The number of hydrogen-bond donors (Lipinski definition) is 1. The highest BCUT2D eigenvalue weighted by Crippen LogP contribution is 2.33. The highest BCUT2D eigenvalue weighted by atomic mass is 32.1. The number of amides is 2. The van der Waals surface area contributed by atoms with E-state index in [1.807, 2.05) is 17.0 Å². The zero-order valence-electron chi connectivity index (χ0n) is 18.1. The number of nitrogens with zero attached hydrogens (tertiary/aromatic N) is 2. The summed E-state index contributed by atoms with van der Waals surface area (Å²) in [4.78, 5) is 31.3. The number of hydrogen-bond acceptors (Lipinski definition) is 5. The van der Waals surface area contributed by atoms with Crippen LogP contribution in [0.4, 0.5) is 5.13 Å². The minimum Gasteiger partial charge on any atom is -0.493 e. The van der Waals surface area contributed by atoms with E-state index in [9.17, 15) is 9.59 Å². The summed E-state index contributed by atoms with van der Waals surface area (Å²) in [6.45, 7) is 6.08. The van der Waals surface area contributed by atoms with E-state index in [-0.39, 0.29) is 11.8 Å². The number of nitrogens with one attached hydrogen (secondary N) is 1. The lowest BCUT2D eigenvalue weighted by Crippen LogP contribution is -2.38. The number of likely N-dealkylation sites (tertiary alicyclic amines) is 1. The van der Waals surface area contributed by atoms with E-state index in [0.29, 0.717) is 18.2 Å². The molecule has 0 aliphatic carbocycles. The van der Waals surface area contributed by atoms with E-state index in [2.05, 4.69) is 29.4 Å². The van der Waals surface area contributed by atoms with Crippen molar-refractivity contribution in [1.82, 2.24) is 9.88 Å². The molecule has 1 fully saturated rings. The summed E-state index contributed by atoms with van der Waals surface area (Å²) >= 11 is 1.45. The number of anilines is 1. The first-order chi connectivity index (χ1) is 15.0. The number of aromatic nitrogens is 1. The number of ether oxygens (including phenoxy) is 1. The van der Waals surface area contributed by atoms with Gasteiger partial charge < -0.3 is 15.0 Å². The van der Waals surface area contributed by atoms with Gasteiger partial charge in [-0.1, -0.05) is 29.9 Å². The molecule has 6 nitrogen and oxygen atoms in total. The Hall–Kier alpha value is -2.67. The Kier molecular flexibility index (Phi) is 6.70. The highest BCUT2D eigenvalue weighted by molar-refractivity contribution is 7.19. The van der Waals surface area contributed by atoms with Crippen LogP contribution in [-0.2, 0) is 16.0 Å². The first kappa shape index (κ1) is 21.6. The van der Waals surface area contributed by atoms with Gasteiger partial charge in [-0.2, -0.15) is 0 Å². The van der Waals surface area contributed by atoms with Crippen molar-refractivity contribution < 1.29 is 14.3 Å². The number of carbonyl (C=O) groups excluding carboxylic acids is 2. The molecule has 31 heavy (non-hydrogen) atoms. The van der Waals surface area contributed by atoms with E-state index in [4.69, 9.17) is 4.74 Å². The predicted molar refractivity (Wildman–Crippen MR) is 123 cm³/mol. The molecule has 2 amide bonds. The van der Waals surface area contributed by atoms with E-state index in [1.165, 1.54) is 18.3 Å². The average Bonchev–Trinajstić information content (AvgIpc) is 3.18. The van der Waals surface area contributed by atoms with Crippen LogP contribution in [0.2, 0.25) is 0 Å². The first-order valence-corrected chi connectivity index (χ1v) is 11.7. The minimum absolute atomic E-state index is 0.126. The molecule has 1 N–H and O–H groups in total. The van der Waals surface area contributed by atoms with E-state index >= 15 is 0 Å². The van der Waals surface area contributed by atoms with Crippen LogP contribution in [0.25, 0.3) is 10.4 Å². The second-order valence-electron chi connectivity index (χ2n) is 8.44. The molecule has 0 atom stereocenters. The van der Waals surface area contributed by atoms with E-state index < -0.39 is 0 Å². The normalized spacial score (nSPS) is 18.8. The molecule has 2 aliphatic rings. The van der Waals surface area contributed by atoms with Gasteiger partial charge in [0, 0.05) is 39.1 Å². The number of rotatable bonds is 4. The Bertz CT molecular complexity index is 990. The third kappa shape index (κ3) is 5.53. The van der Waals surface area contributed by atoms with Gasteiger partial charge in [0.2, 0.25) is 11.8 Å². The van der Waals surface area contributed by atoms with Crippen molar-refractivity contribution >= 4 is 28.3 Å². The monoisotopic (exact) mass is 439 g/mol. The smallest absolute Gasteiger partial charge is 0.226 e. The molecule has 1 aromatic carbocycles. The summed E-state index contributed by atoms with van der Waals surface area (Å²) in [7, 11) is 0. The van der Waals surface area contributed by atoms with Crippen LogP contribution < -0.4 is 10.1 Å². The van der Waals surface area contributed by atoms with Crippen molar-refractivity contribution in [2.24, 2.45) is 5.92 Å². The lowest BCUT2D eigenvalue weighted by Gasteiger charge is -2.30. The zero-order chi connectivity index (χ0) is 21.8. The lowest BCUT2D eigenvalue weighted by molar-refractivity contribution is -0.131. The third-order valence-corrected chi connectivity index (χ3v) is 6.90. The van der Waals surface area contributed by atoms with Crippen LogP contribution in [0, 0.1) is 5.92 Å². The van der Waals surface area contributed by atoms with Crippen molar-refractivity contribution in [2.75, 3.05) is 25.0 Å². The summed E-state index contributed by atoms with van der Waals surface area (Å²) in [5.41, 5.74) is 3.30. The largest absolute Gasteiger partial charge is 0.493 e. The second kappa shape index (κ2) is 9.64. The quantitative estimate of drug-likeness (QED) is 0.703. The number of thiazole rings is 1. The first-order valence-electron chi connectivity index (χ1n) is 10.9. The standard InChI is InChI=1S/C24H29N3O3S/c1-16-7-10-27(11-8-16)23(29)13-18-3-4-19-14-20(5-6-21(19)30-12-9-18)22-15-25-24(31-22)26-17(2)28/h3,5-6,14-16H,4,7-13H2,1-2H3,(H,25,26,28)/b18-3+. The maximum Gasteiger partial charge on any atom is 0.226 e. The molecule has 2 aliphatic heterocycles. The molecular weight excluding hydrogens is 410 g/mol. The van der Waals surface area contributed by atoms with Crippen LogP contribution in [0.15, 0.2) is 36.0 Å². The zero-order valence-corrected chi connectivity index (χ0v) is 19.0. The molecule has 0 spiro atoms. The summed E-state index contributed by atoms with van der Waals surface area (Å²) in [6.07, 6.45) is 8.19.